The van der Waals surface area contributed by atoms with Crippen LogP contribution in [0, 0.1) is 24.2 Å². The lowest BCUT2D eigenvalue weighted by atomic mass is 9.57. The van der Waals surface area contributed by atoms with Gasteiger partial charge in [0.1, 0.15) is 0 Å². The first kappa shape index (κ1) is 14.2. The molecule has 3 aliphatic carbocycles. The lowest BCUT2D eigenvalue weighted by Gasteiger charge is -2.44. The van der Waals surface area contributed by atoms with E-state index in [-0.39, 0.29) is 34.7 Å². The van der Waals surface area contributed by atoms with E-state index in [1.165, 1.54) is 11.1 Å². The van der Waals surface area contributed by atoms with E-state index >= 15 is 0 Å². The van der Waals surface area contributed by atoms with Gasteiger partial charge in [-0.15, -0.1) is 0 Å². The summed E-state index contributed by atoms with van der Waals surface area (Å²) >= 11 is 0. The molecule has 0 saturated heterocycles. The van der Waals surface area contributed by atoms with E-state index in [1.807, 2.05) is 0 Å². The Labute approximate surface area is 126 Å². The van der Waals surface area contributed by atoms with Crippen LogP contribution in [0.3, 0.4) is 0 Å². The van der Waals surface area contributed by atoms with Gasteiger partial charge in [-0.25, -0.2) is 0 Å². The fourth-order valence-electron chi connectivity index (χ4n) is 3.72. The summed E-state index contributed by atoms with van der Waals surface area (Å²) in [5.41, 5.74) is 3.48. The summed E-state index contributed by atoms with van der Waals surface area (Å²) in [6.07, 6.45) is 2.84. The Balaban J connectivity index is 2.06. The Morgan fingerprint density at radius 2 is 1.62 bits per heavy atom. The summed E-state index contributed by atoms with van der Waals surface area (Å²) in [6.45, 7) is 8.45. The molecule has 0 amide bonds. The van der Waals surface area contributed by atoms with Gasteiger partial charge in [0.25, 0.3) is 0 Å². The molecule has 0 heterocycles. The number of Topliss-reactive ketones (excluding diaryl/α,β-unsaturated/α-hetero) is 2. The molecule has 2 heteroatoms. The third kappa shape index (κ3) is 2.27. The van der Waals surface area contributed by atoms with Crippen LogP contribution in [0.15, 0.2) is 35.9 Å². The van der Waals surface area contributed by atoms with Gasteiger partial charge in [-0.1, -0.05) is 62.2 Å². The SMILES string of the molecule is Cc1ccc([C@H]2C[C@H]3C=C(C(C)(C)C)[C@@H]2C(=O)C3=O)cc1. The summed E-state index contributed by atoms with van der Waals surface area (Å²) in [4.78, 5) is 24.6. The van der Waals surface area contributed by atoms with Crippen molar-refractivity contribution in [2.75, 3.05) is 0 Å². The number of ketones is 2. The van der Waals surface area contributed by atoms with Gasteiger partial charge in [-0.2, -0.15) is 0 Å². The molecule has 110 valence electrons. The summed E-state index contributed by atoms with van der Waals surface area (Å²) in [5, 5.41) is 0. The highest BCUT2D eigenvalue weighted by molar-refractivity contribution is 6.41. The highest BCUT2D eigenvalue weighted by Gasteiger charge is 2.50. The fraction of sp³-hybridized carbons (Fsp3) is 0.474. The van der Waals surface area contributed by atoms with Crippen molar-refractivity contribution in [1.82, 2.24) is 0 Å². The zero-order valence-electron chi connectivity index (χ0n) is 13.1. The highest BCUT2D eigenvalue weighted by Crippen LogP contribution is 2.51. The predicted molar refractivity (Wildman–Crippen MR) is 83.1 cm³/mol. The maximum absolute atomic E-state index is 12.5. The quantitative estimate of drug-likeness (QED) is 0.579. The number of fused-ring (bicyclic) bond motifs is 2. The Morgan fingerprint density at radius 1 is 1.00 bits per heavy atom. The molecule has 0 unspecified atom stereocenters. The molecule has 1 aromatic carbocycles. The van der Waals surface area contributed by atoms with Gasteiger partial charge in [-0.3, -0.25) is 9.59 Å². The van der Waals surface area contributed by atoms with Crippen molar-refractivity contribution >= 4 is 11.6 Å². The van der Waals surface area contributed by atoms with Gasteiger partial charge in [-0.05, 0) is 30.2 Å². The smallest absolute Gasteiger partial charge is 0.206 e. The van der Waals surface area contributed by atoms with Crippen LogP contribution in [0.5, 0.6) is 0 Å². The van der Waals surface area contributed by atoms with Gasteiger partial charge in [0.05, 0.1) is 5.92 Å². The first-order valence-corrected chi connectivity index (χ1v) is 7.66. The second-order valence-corrected chi connectivity index (χ2v) is 7.44. The van der Waals surface area contributed by atoms with Crippen molar-refractivity contribution in [3.05, 3.63) is 47.0 Å². The minimum Gasteiger partial charge on any atom is -0.290 e. The number of aryl methyl sites for hydroxylation is 1. The zero-order chi connectivity index (χ0) is 15.4. The molecular weight excluding hydrogens is 260 g/mol. The third-order valence-electron chi connectivity index (χ3n) is 4.86. The van der Waals surface area contributed by atoms with E-state index in [2.05, 4.69) is 58.0 Å². The number of carbonyl (C=O) groups is 2. The predicted octanol–water partition coefficient (Wildman–Crippen LogP) is 3.84. The van der Waals surface area contributed by atoms with Gasteiger partial charge in [0, 0.05) is 5.92 Å². The van der Waals surface area contributed by atoms with Crippen LogP contribution in [-0.4, -0.2) is 11.6 Å². The Bertz CT molecular complexity index is 629. The molecule has 2 bridgehead atoms. The van der Waals surface area contributed by atoms with E-state index in [1.54, 1.807) is 0 Å². The van der Waals surface area contributed by atoms with E-state index in [0.717, 1.165) is 12.0 Å². The van der Waals surface area contributed by atoms with Crippen molar-refractivity contribution in [3.8, 4) is 0 Å². The van der Waals surface area contributed by atoms with Gasteiger partial charge >= 0.3 is 0 Å². The lowest BCUT2D eigenvalue weighted by molar-refractivity contribution is -0.143. The molecular formula is C19H22O2. The Hall–Kier alpha value is -1.70. The minimum absolute atomic E-state index is 0.0668. The minimum atomic E-state index is -0.259. The second-order valence-electron chi connectivity index (χ2n) is 7.44. The summed E-state index contributed by atoms with van der Waals surface area (Å²) in [7, 11) is 0. The first-order valence-electron chi connectivity index (χ1n) is 7.66. The molecule has 3 atom stereocenters. The molecule has 0 aromatic heterocycles. The number of allylic oxidation sites excluding steroid dienone is 2. The molecule has 0 spiro atoms. The van der Waals surface area contributed by atoms with E-state index in [9.17, 15) is 9.59 Å². The molecule has 1 aromatic rings. The largest absolute Gasteiger partial charge is 0.290 e. The van der Waals surface area contributed by atoms with Crippen LogP contribution in [0.25, 0.3) is 0 Å². The number of rotatable bonds is 1. The van der Waals surface area contributed by atoms with Gasteiger partial charge in [0.15, 0.2) is 0 Å². The normalized spacial score (nSPS) is 28.8. The lowest BCUT2D eigenvalue weighted by Crippen LogP contribution is -2.47. The van der Waals surface area contributed by atoms with Crippen molar-refractivity contribution in [1.29, 1.82) is 0 Å². The van der Waals surface area contributed by atoms with Crippen molar-refractivity contribution < 1.29 is 9.59 Å². The van der Waals surface area contributed by atoms with E-state index in [0.29, 0.717) is 0 Å². The molecule has 0 N–H and O–H groups in total. The van der Waals surface area contributed by atoms with Crippen LogP contribution in [0.4, 0.5) is 0 Å². The monoisotopic (exact) mass is 282 g/mol. The third-order valence-corrected chi connectivity index (χ3v) is 4.86. The molecule has 4 rings (SSSR count). The first-order chi connectivity index (χ1) is 9.79. The molecule has 21 heavy (non-hydrogen) atoms. The molecule has 0 radical (unpaired) electrons. The van der Waals surface area contributed by atoms with Crippen molar-refractivity contribution in [2.24, 2.45) is 17.3 Å². The van der Waals surface area contributed by atoms with Gasteiger partial charge in [0.2, 0.25) is 11.6 Å². The number of hydrogen-bond acceptors (Lipinski definition) is 2. The van der Waals surface area contributed by atoms with Crippen LogP contribution >= 0.6 is 0 Å². The summed E-state index contributed by atoms with van der Waals surface area (Å²) < 4.78 is 0. The molecule has 1 saturated carbocycles. The number of hydrogen-bond donors (Lipinski definition) is 0. The van der Waals surface area contributed by atoms with Crippen LogP contribution in [0.2, 0.25) is 0 Å². The van der Waals surface area contributed by atoms with Crippen molar-refractivity contribution in [2.45, 2.75) is 40.0 Å². The van der Waals surface area contributed by atoms with E-state index in [4.69, 9.17) is 0 Å². The standard InChI is InChI=1S/C19H22O2/c1-11-5-7-12(8-6-11)14-9-13-10-15(19(2,3)4)16(14)18(21)17(13)20/h5-8,10,13-14,16H,9H2,1-4H3/t13-,14+,16+/m0/s1. The zero-order valence-corrected chi connectivity index (χ0v) is 13.1. The number of carbonyl (C=O) groups excluding carboxylic acids is 2. The second kappa shape index (κ2) is 4.66. The Morgan fingerprint density at radius 3 is 2.14 bits per heavy atom. The van der Waals surface area contributed by atoms with Crippen LogP contribution < -0.4 is 0 Å². The maximum Gasteiger partial charge on any atom is 0.206 e. The summed E-state index contributed by atoms with van der Waals surface area (Å²) in [5.74, 6) is -0.686. The topological polar surface area (TPSA) is 34.1 Å². The summed E-state index contributed by atoms with van der Waals surface area (Å²) in [6, 6.07) is 8.40. The molecule has 0 aliphatic heterocycles. The average Bonchev–Trinajstić information content (AvgIpc) is 2.43. The van der Waals surface area contributed by atoms with Crippen LogP contribution in [-0.2, 0) is 9.59 Å². The van der Waals surface area contributed by atoms with Crippen LogP contribution in [0.1, 0.15) is 44.2 Å². The maximum atomic E-state index is 12.5. The average molecular weight is 282 g/mol. The van der Waals surface area contributed by atoms with Gasteiger partial charge < -0.3 is 0 Å². The molecule has 2 nitrogen and oxygen atoms in total. The molecule has 1 fully saturated rings. The highest BCUT2D eigenvalue weighted by atomic mass is 16.2. The molecule has 3 aliphatic rings. The van der Waals surface area contributed by atoms with E-state index < -0.39 is 0 Å². The van der Waals surface area contributed by atoms with Crippen molar-refractivity contribution in [3.63, 3.8) is 0 Å². The number of benzene rings is 1. The fourth-order valence-corrected chi connectivity index (χ4v) is 3.72. The Kier molecular flexibility index (Phi) is 3.16.